The fraction of sp³-hybridized carbons (Fsp3) is 0.444. The number of aromatic nitrogens is 1. The Morgan fingerprint density at radius 1 is 1.18 bits per heavy atom. The van der Waals surface area contributed by atoms with E-state index < -0.39 is 0 Å². The Kier molecular flexibility index (Phi) is 4.71. The average Bonchev–Trinajstić information content (AvgIpc) is 3.12. The van der Waals surface area contributed by atoms with E-state index in [0.717, 1.165) is 11.0 Å². The van der Waals surface area contributed by atoms with Crippen LogP contribution < -0.4 is 5.32 Å². The highest BCUT2D eigenvalue weighted by atomic mass is 79.9. The van der Waals surface area contributed by atoms with Crippen LogP contribution in [0.5, 0.6) is 0 Å². The fourth-order valence-electron chi connectivity index (χ4n) is 3.48. The molecule has 2 aromatic rings. The molecule has 3 nitrogen and oxygen atoms in total. The first-order chi connectivity index (χ1) is 10.6. The van der Waals surface area contributed by atoms with Crippen LogP contribution in [-0.4, -0.2) is 30.1 Å². The molecule has 0 aliphatic carbocycles. The van der Waals surface area contributed by atoms with Gasteiger partial charge in [0.25, 0.3) is 0 Å². The van der Waals surface area contributed by atoms with Crippen LogP contribution in [0, 0.1) is 0 Å². The molecule has 1 saturated heterocycles. The third-order valence-corrected chi connectivity index (χ3v) is 5.13. The molecule has 1 aromatic heterocycles. The minimum atomic E-state index is 0.272. The Balaban J connectivity index is 1.97. The molecule has 4 heteroatoms. The molecule has 118 valence electrons. The van der Waals surface area contributed by atoms with Crippen molar-refractivity contribution < 1.29 is 0 Å². The van der Waals surface area contributed by atoms with Crippen LogP contribution in [0.2, 0.25) is 0 Å². The van der Waals surface area contributed by atoms with Gasteiger partial charge in [-0.3, -0.25) is 4.90 Å². The van der Waals surface area contributed by atoms with E-state index in [1.807, 2.05) is 0 Å². The number of halogens is 1. The average molecular weight is 362 g/mol. The van der Waals surface area contributed by atoms with Gasteiger partial charge in [0.15, 0.2) is 0 Å². The van der Waals surface area contributed by atoms with E-state index in [0.29, 0.717) is 6.04 Å². The van der Waals surface area contributed by atoms with E-state index in [4.69, 9.17) is 0 Å². The van der Waals surface area contributed by atoms with Crippen molar-refractivity contribution in [2.24, 2.45) is 7.05 Å². The van der Waals surface area contributed by atoms with Crippen LogP contribution >= 0.6 is 15.9 Å². The van der Waals surface area contributed by atoms with Gasteiger partial charge in [0.1, 0.15) is 0 Å². The van der Waals surface area contributed by atoms with Gasteiger partial charge in [-0.2, -0.15) is 0 Å². The van der Waals surface area contributed by atoms with Crippen molar-refractivity contribution >= 4 is 15.9 Å². The van der Waals surface area contributed by atoms with Crippen molar-refractivity contribution in [3.63, 3.8) is 0 Å². The normalized spacial score (nSPS) is 19.8. The molecule has 0 saturated carbocycles. The number of hydrogen-bond acceptors (Lipinski definition) is 2. The molecule has 0 spiro atoms. The predicted molar refractivity (Wildman–Crippen MR) is 95.1 cm³/mol. The summed E-state index contributed by atoms with van der Waals surface area (Å²) in [4.78, 5) is 2.28. The fourth-order valence-corrected chi connectivity index (χ4v) is 3.75. The first-order valence-corrected chi connectivity index (χ1v) is 8.68. The maximum atomic E-state index is 3.60. The highest BCUT2D eigenvalue weighted by molar-refractivity contribution is 9.10. The zero-order chi connectivity index (χ0) is 15.7. The number of nitrogens with one attached hydrogen (secondary N) is 1. The standard InChI is InChI=1S/C18H24BrN3/c1-21(2)18(13-6-8-14(19)9-7-13)17-11-10-16(22(17)3)15-5-4-12-20-15/h6-11,15,18,20H,4-5,12H2,1-3H3. The first-order valence-electron chi connectivity index (χ1n) is 7.88. The van der Waals surface area contributed by atoms with E-state index in [1.54, 1.807) is 0 Å². The molecule has 1 aliphatic rings. The molecule has 1 fully saturated rings. The second-order valence-electron chi connectivity index (χ2n) is 6.31. The molecule has 0 amide bonds. The van der Waals surface area contributed by atoms with Crippen LogP contribution in [0.4, 0.5) is 0 Å². The van der Waals surface area contributed by atoms with Crippen LogP contribution in [0.1, 0.15) is 41.9 Å². The summed E-state index contributed by atoms with van der Waals surface area (Å²) >= 11 is 3.52. The molecule has 0 bridgehead atoms. The predicted octanol–water partition coefficient (Wildman–Crippen LogP) is 3.86. The Morgan fingerprint density at radius 2 is 1.91 bits per heavy atom. The van der Waals surface area contributed by atoms with Crippen molar-refractivity contribution in [3.05, 3.63) is 57.8 Å². The highest BCUT2D eigenvalue weighted by Crippen LogP contribution is 2.32. The summed E-state index contributed by atoms with van der Waals surface area (Å²) in [6, 6.07) is 14.0. The van der Waals surface area contributed by atoms with E-state index in [-0.39, 0.29) is 6.04 Å². The smallest absolute Gasteiger partial charge is 0.0751 e. The quantitative estimate of drug-likeness (QED) is 0.891. The Morgan fingerprint density at radius 3 is 2.50 bits per heavy atom. The van der Waals surface area contributed by atoms with Crippen LogP contribution in [-0.2, 0) is 7.05 Å². The highest BCUT2D eigenvalue weighted by Gasteiger charge is 2.24. The summed E-state index contributed by atoms with van der Waals surface area (Å²) in [5.74, 6) is 0. The molecule has 0 radical (unpaired) electrons. The van der Waals surface area contributed by atoms with Crippen molar-refractivity contribution in [3.8, 4) is 0 Å². The number of benzene rings is 1. The van der Waals surface area contributed by atoms with Crippen LogP contribution in [0.3, 0.4) is 0 Å². The zero-order valence-corrected chi connectivity index (χ0v) is 15.1. The van der Waals surface area contributed by atoms with Gasteiger partial charge in [-0.05, 0) is 63.3 Å². The molecule has 1 N–H and O–H groups in total. The van der Waals surface area contributed by atoms with Gasteiger partial charge >= 0.3 is 0 Å². The molecule has 2 heterocycles. The largest absolute Gasteiger partial charge is 0.348 e. The van der Waals surface area contributed by atoms with E-state index in [1.165, 1.54) is 29.8 Å². The minimum Gasteiger partial charge on any atom is -0.348 e. The maximum Gasteiger partial charge on any atom is 0.0751 e. The summed E-state index contributed by atoms with van der Waals surface area (Å²) in [5, 5.41) is 3.60. The van der Waals surface area contributed by atoms with Crippen molar-refractivity contribution in [2.45, 2.75) is 24.9 Å². The lowest BCUT2D eigenvalue weighted by atomic mass is 10.0. The maximum absolute atomic E-state index is 3.60. The number of nitrogens with zero attached hydrogens (tertiary/aromatic N) is 2. The van der Waals surface area contributed by atoms with Gasteiger partial charge < -0.3 is 9.88 Å². The van der Waals surface area contributed by atoms with Crippen LogP contribution in [0.15, 0.2) is 40.9 Å². The summed E-state index contributed by atoms with van der Waals surface area (Å²) in [7, 11) is 6.49. The minimum absolute atomic E-state index is 0.272. The van der Waals surface area contributed by atoms with Gasteiger partial charge in [-0.15, -0.1) is 0 Å². The molecular formula is C18H24BrN3. The Hall–Kier alpha value is -1.10. The van der Waals surface area contributed by atoms with Gasteiger partial charge in [0.05, 0.1) is 6.04 Å². The molecule has 2 atom stereocenters. The summed E-state index contributed by atoms with van der Waals surface area (Å²) in [6.07, 6.45) is 2.51. The van der Waals surface area contributed by atoms with E-state index in [9.17, 15) is 0 Å². The third kappa shape index (κ3) is 3.00. The second-order valence-corrected chi connectivity index (χ2v) is 7.22. The van der Waals surface area contributed by atoms with Crippen molar-refractivity contribution in [2.75, 3.05) is 20.6 Å². The molecule has 22 heavy (non-hydrogen) atoms. The van der Waals surface area contributed by atoms with Gasteiger partial charge in [-0.25, -0.2) is 0 Å². The SMILES string of the molecule is CN(C)C(c1ccc(Br)cc1)c1ccc(C2CCCN2)n1C. The molecular weight excluding hydrogens is 338 g/mol. The van der Waals surface area contributed by atoms with Crippen molar-refractivity contribution in [1.82, 2.24) is 14.8 Å². The van der Waals surface area contributed by atoms with Crippen molar-refractivity contribution in [1.29, 1.82) is 0 Å². The Labute approximate surface area is 141 Å². The lowest BCUT2D eigenvalue weighted by molar-refractivity contribution is 0.329. The van der Waals surface area contributed by atoms with Crippen LogP contribution in [0.25, 0.3) is 0 Å². The lowest BCUT2D eigenvalue weighted by Crippen LogP contribution is -2.24. The van der Waals surface area contributed by atoms with Gasteiger partial charge in [-0.1, -0.05) is 28.1 Å². The summed E-state index contributed by atoms with van der Waals surface area (Å²) < 4.78 is 3.49. The first kappa shape index (κ1) is 15.8. The monoisotopic (exact) mass is 361 g/mol. The number of rotatable bonds is 4. The molecule has 1 aromatic carbocycles. The lowest BCUT2D eigenvalue weighted by Gasteiger charge is -2.26. The molecule has 3 rings (SSSR count). The third-order valence-electron chi connectivity index (χ3n) is 4.60. The zero-order valence-electron chi connectivity index (χ0n) is 13.5. The second kappa shape index (κ2) is 6.57. The van der Waals surface area contributed by atoms with Gasteiger partial charge in [0.2, 0.25) is 0 Å². The van der Waals surface area contributed by atoms with E-state index >= 15 is 0 Å². The van der Waals surface area contributed by atoms with E-state index in [2.05, 4.69) is 88.3 Å². The number of hydrogen-bond donors (Lipinski definition) is 1. The topological polar surface area (TPSA) is 20.2 Å². The summed E-state index contributed by atoms with van der Waals surface area (Å²) in [6.45, 7) is 1.13. The molecule has 1 aliphatic heterocycles. The Bertz CT molecular complexity index is 624. The van der Waals surface area contributed by atoms with Gasteiger partial charge in [0, 0.05) is 29.0 Å². The molecule has 2 unspecified atom stereocenters. The summed E-state index contributed by atoms with van der Waals surface area (Å²) in [5.41, 5.74) is 4.06.